The van der Waals surface area contributed by atoms with Crippen molar-refractivity contribution in [1.29, 1.82) is 0 Å². The molecule has 1 aromatic carbocycles. The molecule has 19 heavy (non-hydrogen) atoms. The highest BCUT2D eigenvalue weighted by Crippen LogP contribution is 2.31. The maximum absolute atomic E-state index is 6.04. The minimum absolute atomic E-state index is 0.328. The monoisotopic (exact) mass is 275 g/mol. The van der Waals surface area contributed by atoms with Crippen molar-refractivity contribution >= 4 is 28.2 Å². The number of benzene rings is 1. The number of hydrogen-bond acceptors (Lipinski definition) is 3. The zero-order valence-corrected chi connectivity index (χ0v) is 11.8. The molecular formula is C15H18ClN3. The van der Waals surface area contributed by atoms with Crippen molar-refractivity contribution in [2.45, 2.75) is 31.8 Å². The van der Waals surface area contributed by atoms with Gasteiger partial charge in [-0.1, -0.05) is 11.6 Å². The predicted octanol–water partition coefficient (Wildman–Crippen LogP) is 3.20. The van der Waals surface area contributed by atoms with E-state index in [-0.39, 0.29) is 0 Å². The van der Waals surface area contributed by atoms with Gasteiger partial charge in [0.15, 0.2) is 0 Å². The van der Waals surface area contributed by atoms with Crippen LogP contribution in [0, 0.1) is 0 Å². The van der Waals surface area contributed by atoms with E-state index < -0.39 is 0 Å². The molecule has 2 atom stereocenters. The van der Waals surface area contributed by atoms with Crippen LogP contribution in [0.1, 0.15) is 19.8 Å². The molecule has 1 aliphatic rings. The van der Waals surface area contributed by atoms with Crippen LogP contribution < -0.4 is 10.6 Å². The van der Waals surface area contributed by atoms with E-state index in [0.717, 1.165) is 35.3 Å². The highest BCUT2D eigenvalue weighted by Gasteiger charge is 2.24. The quantitative estimate of drug-likeness (QED) is 0.869. The molecule has 100 valence electrons. The first-order valence-corrected chi connectivity index (χ1v) is 7.09. The van der Waals surface area contributed by atoms with Crippen LogP contribution in [0.15, 0.2) is 30.5 Å². The summed E-state index contributed by atoms with van der Waals surface area (Å²) in [4.78, 5) is 6.83. The molecule has 0 saturated carbocycles. The van der Waals surface area contributed by atoms with Crippen LogP contribution in [0.4, 0.5) is 5.69 Å². The standard InChI is InChI=1S/C15H18ClN3/c1-10-8-12(17)5-7-19(10)15-4-6-18-14-9-11(16)2-3-13(14)15/h2-4,6,9-10,12H,5,7-8,17H2,1H3. The third-order valence-corrected chi connectivity index (χ3v) is 4.14. The third-order valence-electron chi connectivity index (χ3n) is 3.91. The van der Waals surface area contributed by atoms with Crippen molar-refractivity contribution in [1.82, 2.24) is 4.98 Å². The molecule has 2 N–H and O–H groups in total. The Hall–Kier alpha value is -1.32. The number of aromatic nitrogens is 1. The summed E-state index contributed by atoms with van der Waals surface area (Å²) in [6.07, 6.45) is 3.94. The Labute approximate surface area is 118 Å². The van der Waals surface area contributed by atoms with Crippen molar-refractivity contribution in [2.75, 3.05) is 11.4 Å². The largest absolute Gasteiger partial charge is 0.368 e. The number of hydrogen-bond donors (Lipinski definition) is 1. The van der Waals surface area contributed by atoms with Gasteiger partial charge in [0.1, 0.15) is 0 Å². The van der Waals surface area contributed by atoms with Gasteiger partial charge in [0.05, 0.1) is 5.52 Å². The van der Waals surface area contributed by atoms with Gasteiger partial charge in [-0.2, -0.15) is 0 Å². The van der Waals surface area contributed by atoms with Gasteiger partial charge in [0.25, 0.3) is 0 Å². The lowest BCUT2D eigenvalue weighted by atomic mass is 9.98. The molecule has 3 nitrogen and oxygen atoms in total. The summed E-state index contributed by atoms with van der Waals surface area (Å²) in [5.41, 5.74) is 8.23. The van der Waals surface area contributed by atoms with Gasteiger partial charge in [-0.15, -0.1) is 0 Å². The van der Waals surface area contributed by atoms with Gasteiger partial charge >= 0.3 is 0 Å². The molecule has 1 aliphatic heterocycles. The van der Waals surface area contributed by atoms with E-state index in [9.17, 15) is 0 Å². The molecule has 3 rings (SSSR count). The van der Waals surface area contributed by atoms with E-state index in [4.69, 9.17) is 17.3 Å². The van der Waals surface area contributed by atoms with Crippen LogP contribution >= 0.6 is 11.6 Å². The van der Waals surface area contributed by atoms with Gasteiger partial charge < -0.3 is 10.6 Å². The normalized spacial score (nSPS) is 23.8. The number of nitrogens with two attached hydrogens (primary N) is 1. The summed E-state index contributed by atoms with van der Waals surface area (Å²) in [7, 11) is 0. The zero-order valence-electron chi connectivity index (χ0n) is 11.0. The Morgan fingerprint density at radius 2 is 2.21 bits per heavy atom. The molecular weight excluding hydrogens is 258 g/mol. The SMILES string of the molecule is CC1CC(N)CCN1c1ccnc2cc(Cl)ccc12. The first kappa shape index (κ1) is 12.7. The molecule has 1 aromatic heterocycles. The maximum atomic E-state index is 6.04. The summed E-state index contributed by atoms with van der Waals surface area (Å²) in [6, 6.07) is 8.78. The summed E-state index contributed by atoms with van der Waals surface area (Å²) >= 11 is 6.03. The molecule has 2 unspecified atom stereocenters. The Balaban J connectivity index is 2.05. The van der Waals surface area contributed by atoms with Crippen molar-refractivity contribution in [3.63, 3.8) is 0 Å². The van der Waals surface area contributed by atoms with Gasteiger partial charge in [-0.3, -0.25) is 4.98 Å². The second-order valence-corrected chi connectivity index (χ2v) is 5.75. The van der Waals surface area contributed by atoms with Crippen molar-refractivity contribution in [3.05, 3.63) is 35.5 Å². The topological polar surface area (TPSA) is 42.1 Å². The Kier molecular flexibility index (Phi) is 3.33. The smallest absolute Gasteiger partial charge is 0.0737 e. The predicted molar refractivity (Wildman–Crippen MR) is 80.8 cm³/mol. The fourth-order valence-corrected chi connectivity index (χ4v) is 3.09. The minimum atomic E-state index is 0.328. The first-order chi connectivity index (χ1) is 9.15. The molecule has 0 aliphatic carbocycles. The van der Waals surface area contributed by atoms with Crippen molar-refractivity contribution < 1.29 is 0 Å². The van der Waals surface area contributed by atoms with Gasteiger partial charge in [0, 0.05) is 40.9 Å². The third kappa shape index (κ3) is 2.40. The Morgan fingerprint density at radius 3 is 3.00 bits per heavy atom. The second kappa shape index (κ2) is 4.99. The van der Waals surface area contributed by atoms with Crippen LogP contribution in [0.5, 0.6) is 0 Å². The molecule has 1 fully saturated rings. The Morgan fingerprint density at radius 1 is 1.37 bits per heavy atom. The number of anilines is 1. The lowest BCUT2D eigenvalue weighted by Crippen LogP contribution is -2.45. The van der Waals surface area contributed by atoms with E-state index in [1.54, 1.807) is 0 Å². The van der Waals surface area contributed by atoms with E-state index in [1.807, 2.05) is 18.3 Å². The van der Waals surface area contributed by atoms with E-state index in [1.165, 1.54) is 5.69 Å². The molecule has 0 radical (unpaired) electrons. The fraction of sp³-hybridized carbons (Fsp3) is 0.400. The molecule has 1 saturated heterocycles. The van der Waals surface area contributed by atoms with E-state index >= 15 is 0 Å². The average molecular weight is 276 g/mol. The highest BCUT2D eigenvalue weighted by molar-refractivity contribution is 6.31. The maximum Gasteiger partial charge on any atom is 0.0737 e. The molecule has 0 spiro atoms. The molecule has 0 bridgehead atoms. The highest BCUT2D eigenvalue weighted by atomic mass is 35.5. The molecule has 2 heterocycles. The number of halogens is 1. The van der Waals surface area contributed by atoms with Crippen LogP contribution in [-0.2, 0) is 0 Å². The van der Waals surface area contributed by atoms with E-state index in [0.29, 0.717) is 12.1 Å². The van der Waals surface area contributed by atoms with E-state index in [2.05, 4.69) is 28.9 Å². The number of piperidine rings is 1. The summed E-state index contributed by atoms with van der Waals surface area (Å²) in [5.74, 6) is 0. The summed E-state index contributed by atoms with van der Waals surface area (Å²) < 4.78 is 0. The molecule has 0 amide bonds. The van der Waals surface area contributed by atoms with Crippen LogP contribution in [0.2, 0.25) is 5.02 Å². The minimum Gasteiger partial charge on any atom is -0.368 e. The van der Waals surface area contributed by atoms with Crippen LogP contribution in [0.25, 0.3) is 10.9 Å². The lowest BCUT2D eigenvalue weighted by Gasteiger charge is -2.38. The van der Waals surface area contributed by atoms with Gasteiger partial charge in [-0.25, -0.2) is 0 Å². The zero-order chi connectivity index (χ0) is 13.4. The number of pyridine rings is 1. The lowest BCUT2D eigenvalue weighted by molar-refractivity contribution is 0.430. The molecule has 4 heteroatoms. The first-order valence-electron chi connectivity index (χ1n) is 6.71. The number of nitrogens with zero attached hydrogens (tertiary/aromatic N) is 2. The Bertz CT molecular complexity index is 599. The van der Waals surface area contributed by atoms with Crippen molar-refractivity contribution in [2.24, 2.45) is 5.73 Å². The second-order valence-electron chi connectivity index (χ2n) is 5.32. The summed E-state index contributed by atoms with van der Waals surface area (Å²) in [6.45, 7) is 3.24. The van der Waals surface area contributed by atoms with Crippen molar-refractivity contribution in [3.8, 4) is 0 Å². The fourth-order valence-electron chi connectivity index (χ4n) is 2.92. The summed E-state index contributed by atoms with van der Waals surface area (Å²) in [5, 5.41) is 1.89. The van der Waals surface area contributed by atoms with Gasteiger partial charge in [0.2, 0.25) is 0 Å². The van der Waals surface area contributed by atoms with Gasteiger partial charge in [-0.05, 0) is 44.0 Å². The number of rotatable bonds is 1. The molecule has 2 aromatic rings. The van der Waals surface area contributed by atoms with Crippen LogP contribution in [0.3, 0.4) is 0 Å². The number of fused-ring (bicyclic) bond motifs is 1. The average Bonchev–Trinajstić information content (AvgIpc) is 2.38. The van der Waals surface area contributed by atoms with Crippen LogP contribution in [-0.4, -0.2) is 23.6 Å².